The number of aromatic nitrogens is 1. The highest BCUT2D eigenvalue weighted by Gasteiger charge is 2.32. The van der Waals surface area contributed by atoms with E-state index in [0.29, 0.717) is 28.3 Å². The van der Waals surface area contributed by atoms with E-state index in [1.54, 1.807) is 14.2 Å². The number of nitrogens with zero attached hydrogens (tertiary/aromatic N) is 2. The van der Waals surface area contributed by atoms with E-state index in [-0.39, 0.29) is 5.82 Å². The summed E-state index contributed by atoms with van der Waals surface area (Å²) in [6.07, 6.45) is 1.94. The number of para-hydroxylation sites is 1. The number of pyridine rings is 1. The molecule has 3 rings (SSSR count). The van der Waals surface area contributed by atoms with Crippen molar-refractivity contribution in [1.29, 1.82) is 10.5 Å². The molecule has 0 spiro atoms. The van der Waals surface area contributed by atoms with Crippen molar-refractivity contribution >= 4 is 23.0 Å². The zero-order chi connectivity index (χ0) is 19.7. The van der Waals surface area contributed by atoms with Crippen molar-refractivity contribution in [2.24, 2.45) is 0 Å². The van der Waals surface area contributed by atoms with Crippen molar-refractivity contribution in [3.63, 3.8) is 0 Å². The van der Waals surface area contributed by atoms with Crippen molar-refractivity contribution in [3.8, 4) is 23.6 Å². The average molecular weight is 359 g/mol. The first-order chi connectivity index (χ1) is 13.0. The van der Waals surface area contributed by atoms with E-state index in [2.05, 4.69) is 17.1 Å². The summed E-state index contributed by atoms with van der Waals surface area (Å²) in [5.41, 5.74) is 11.5. The van der Waals surface area contributed by atoms with Gasteiger partial charge in [-0.25, -0.2) is 4.98 Å². The topological polar surface area (TPSA) is 106 Å². The van der Waals surface area contributed by atoms with Gasteiger partial charge < -0.3 is 9.47 Å². The normalized spacial score (nSPS) is 13.9. The number of nitriles is 2. The van der Waals surface area contributed by atoms with Crippen LogP contribution in [0.2, 0.25) is 0 Å². The predicted molar refractivity (Wildman–Crippen MR) is 102 cm³/mol. The van der Waals surface area contributed by atoms with Gasteiger partial charge >= 0.3 is 0 Å². The molecular weight excluding hydrogens is 340 g/mol. The first kappa shape index (κ1) is 18.0. The molecule has 6 nitrogen and oxygen atoms in total. The van der Waals surface area contributed by atoms with E-state index in [0.717, 1.165) is 27.8 Å². The van der Waals surface area contributed by atoms with Gasteiger partial charge in [-0.05, 0) is 42.7 Å². The second-order valence-corrected chi connectivity index (χ2v) is 6.15. The first-order valence-corrected chi connectivity index (χ1v) is 8.28. The van der Waals surface area contributed by atoms with Crippen LogP contribution in [-0.4, -0.2) is 14.2 Å². The van der Waals surface area contributed by atoms with Crippen LogP contribution in [0.1, 0.15) is 34.9 Å². The largest absolute Gasteiger partial charge is 0.493 e. The standard InChI is InChI=1S/C21H18N4O2/c1-11-14(8-13-6-5-7-17(26-3)20(13)27-4)18-12(2)16(10-23)21(24)25-19(18)15(11)9-22/h5-8H,1-4H3,(H2,24,25)/p+1/b14-8+. The van der Waals surface area contributed by atoms with Crippen LogP contribution in [0.25, 0.3) is 17.2 Å². The molecule has 6 heteroatoms. The Bertz CT molecular complexity index is 1100. The molecule has 0 atom stereocenters. The number of anilines is 1. The number of fused-ring (bicyclic) bond motifs is 1. The van der Waals surface area contributed by atoms with Crippen LogP contribution in [0.5, 0.6) is 11.5 Å². The lowest BCUT2D eigenvalue weighted by Gasteiger charge is -2.12. The van der Waals surface area contributed by atoms with E-state index < -0.39 is 0 Å². The van der Waals surface area contributed by atoms with Crippen LogP contribution < -0.4 is 20.2 Å². The molecular formula is C21H19N4O2+. The van der Waals surface area contributed by atoms with Gasteiger partial charge in [-0.15, -0.1) is 0 Å². The van der Waals surface area contributed by atoms with Gasteiger partial charge in [0, 0.05) is 11.1 Å². The number of hydrogen-bond donors (Lipinski definition) is 1. The summed E-state index contributed by atoms with van der Waals surface area (Å²) in [6, 6.07) is 9.98. The Morgan fingerprint density at radius 2 is 1.85 bits per heavy atom. The summed E-state index contributed by atoms with van der Waals surface area (Å²) in [6.45, 7) is 3.72. The summed E-state index contributed by atoms with van der Waals surface area (Å²) in [5, 5.41) is 19.1. The van der Waals surface area contributed by atoms with Crippen LogP contribution in [0.15, 0.2) is 23.8 Å². The average Bonchev–Trinajstić information content (AvgIpc) is 2.92. The molecule has 0 fully saturated rings. The van der Waals surface area contributed by atoms with Crippen molar-refractivity contribution in [1.82, 2.24) is 0 Å². The van der Waals surface area contributed by atoms with Gasteiger partial charge in [0.25, 0.3) is 5.82 Å². The number of ether oxygens (including phenoxy) is 2. The van der Waals surface area contributed by atoms with E-state index in [9.17, 15) is 10.5 Å². The van der Waals surface area contributed by atoms with Gasteiger partial charge in [-0.1, -0.05) is 12.1 Å². The van der Waals surface area contributed by atoms with Crippen LogP contribution in [0.4, 0.5) is 5.82 Å². The number of hydrogen-bond acceptors (Lipinski definition) is 5. The zero-order valence-electron chi connectivity index (χ0n) is 15.6. The maximum atomic E-state index is 9.65. The quantitative estimate of drug-likeness (QED) is 0.906. The third-order valence-corrected chi connectivity index (χ3v) is 4.78. The molecule has 1 aromatic heterocycles. The highest BCUT2D eigenvalue weighted by molar-refractivity contribution is 6.08. The fourth-order valence-corrected chi connectivity index (χ4v) is 3.45. The Kier molecular flexibility index (Phi) is 4.58. The fraction of sp³-hybridized carbons (Fsp3) is 0.190. The summed E-state index contributed by atoms with van der Waals surface area (Å²) < 4.78 is 10.9. The number of nitrogen functional groups attached to an aromatic ring is 1. The molecule has 1 aliphatic carbocycles. The Balaban J connectivity index is 2.35. The van der Waals surface area contributed by atoms with Crippen molar-refractivity contribution in [2.45, 2.75) is 13.8 Å². The first-order valence-electron chi connectivity index (χ1n) is 8.28. The van der Waals surface area contributed by atoms with Gasteiger partial charge in [-0.2, -0.15) is 10.5 Å². The molecule has 0 aliphatic heterocycles. The molecule has 3 N–H and O–H groups in total. The third-order valence-electron chi connectivity index (χ3n) is 4.78. The Hall–Kier alpha value is -3.77. The molecule has 0 saturated heterocycles. The van der Waals surface area contributed by atoms with Crippen LogP contribution in [-0.2, 0) is 0 Å². The SMILES string of the molecule is COc1cccc(/C=C2\C(C)=C(C#N)c3[nH+]c(N)c(C#N)c(C)c32)c1OC. The van der Waals surface area contributed by atoms with Gasteiger partial charge in [0.15, 0.2) is 17.2 Å². The Morgan fingerprint density at radius 1 is 1.11 bits per heavy atom. The minimum Gasteiger partial charge on any atom is -0.493 e. The third kappa shape index (κ3) is 2.68. The number of rotatable bonds is 3. The number of benzene rings is 1. The summed E-state index contributed by atoms with van der Waals surface area (Å²) in [7, 11) is 3.17. The number of nitrogens with one attached hydrogen (secondary N) is 1. The second-order valence-electron chi connectivity index (χ2n) is 6.15. The smallest absolute Gasteiger partial charge is 0.289 e. The molecule has 0 unspecified atom stereocenters. The molecule has 0 bridgehead atoms. The molecule has 134 valence electrons. The van der Waals surface area contributed by atoms with Gasteiger partial charge in [0.05, 0.1) is 14.2 Å². The van der Waals surface area contributed by atoms with Crippen LogP contribution >= 0.6 is 0 Å². The lowest BCUT2D eigenvalue weighted by atomic mass is 9.95. The van der Waals surface area contributed by atoms with Crippen molar-refractivity contribution < 1.29 is 14.5 Å². The summed E-state index contributed by atoms with van der Waals surface area (Å²) in [5.74, 6) is 1.48. The van der Waals surface area contributed by atoms with E-state index >= 15 is 0 Å². The Morgan fingerprint density at radius 3 is 2.44 bits per heavy atom. The maximum Gasteiger partial charge on any atom is 0.289 e. The molecule has 1 aromatic carbocycles. The summed E-state index contributed by atoms with van der Waals surface area (Å²) >= 11 is 0. The van der Waals surface area contributed by atoms with Gasteiger partial charge in [0.1, 0.15) is 23.3 Å². The minimum atomic E-state index is 0.259. The van der Waals surface area contributed by atoms with Gasteiger partial charge in [0.2, 0.25) is 0 Å². The lowest BCUT2D eigenvalue weighted by molar-refractivity contribution is -0.364. The molecule has 2 aromatic rings. The number of aromatic amines is 1. The van der Waals surface area contributed by atoms with E-state index in [4.69, 9.17) is 15.2 Å². The molecule has 1 aliphatic rings. The minimum absolute atomic E-state index is 0.259. The number of methoxy groups -OCH3 is 2. The van der Waals surface area contributed by atoms with Crippen molar-refractivity contribution in [2.75, 3.05) is 20.0 Å². The number of H-pyrrole nitrogens is 1. The zero-order valence-corrected chi connectivity index (χ0v) is 15.6. The maximum absolute atomic E-state index is 9.65. The predicted octanol–water partition coefficient (Wildman–Crippen LogP) is 3.13. The highest BCUT2D eigenvalue weighted by Crippen LogP contribution is 2.44. The monoisotopic (exact) mass is 359 g/mol. The fourth-order valence-electron chi connectivity index (χ4n) is 3.45. The lowest BCUT2D eigenvalue weighted by Crippen LogP contribution is -2.20. The van der Waals surface area contributed by atoms with Gasteiger partial charge in [-0.3, -0.25) is 5.73 Å². The summed E-state index contributed by atoms with van der Waals surface area (Å²) in [4.78, 5) is 3.02. The highest BCUT2D eigenvalue weighted by atomic mass is 16.5. The van der Waals surface area contributed by atoms with E-state index in [1.807, 2.05) is 38.1 Å². The van der Waals surface area contributed by atoms with Crippen LogP contribution in [0, 0.1) is 29.6 Å². The molecule has 1 heterocycles. The van der Waals surface area contributed by atoms with Crippen LogP contribution in [0.3, 0.4) is 0 Å². The molecule has 0 radical (unpaired) electrons. The Labute approximate surface area is 157 Å². The molecule has 0 amide bonds. The molecule has 27 heavy (non-hydrogen) atoms. The second kappa shape index (κ2) is 6.86. The number of allylic oxidation sites excluding steroid dienone is 3. The van der Waals surface area contributed by atoms with E-state index in [1.165, 1.54) is 0 Å². The number of nitrogens with two attached hydrogens (primary N) is 1. The van der Waals surface area contributed by atoms with Crippen molar-refractivity contribution in [3.05, 3.63) is 51.7 Å². The molecule has 0 saturated carbocycles.